The van der Waals surface area contributed by atoms with Crippen LogP contribution < -0.4 is 5.32 Å². The summed E-state index contributed by atoms with van der Waals surface area (Å²) in [6.07, 6.45) is 1.93. The second-order valence-corrected chi connectivity index (χ2v) is 9.14. The number of aliphatic hydroxyl groups excluding tert-OH is 1. The van der Waals surface area contributed by atoms with Crippen LogP contribution in [-0.2, 0) is 23.7 Å². The lowest BCUT2D eigenvalue weighted by Gasteiger charge is -2.36. The van der Waals surface area contributed by atoms with Crippen LogP contribution >= 0.6 is 11.3 Å². The molecule has 2 N–H and O–H groups in total. The van der Waals surface area contributed by atoms with Gasteiger partial charge in [0.1, 0.15) is 5.82 Å². The number of ether oxygens (including phenoxy) is 4. The maximum Gasteiger partial charge on any atom is 0.286 e. The highest BCUT2D eigenvalue weighted by Gasteiger charge is 2.38. The van der Waals surface area contributed by atoms with Gasteiger partial charge in [-0.25, -0.2) is 4.39 Å². The van der Waals surface area contributed by atoms with Crippen molar-refractivity contribution in [2.45, 2.75) is 38.5 Å². The Hall–Kier alpha value is -2.30. The van der Waals surface area contributed by atoms with Crippen molar-refractivity contribution in [3.63, 3.8) is 0 Å². The molecule has 0 saturated carbocycles. The minimum Gasteiger partial charge on any atom is -0.459 e. The molecule has 2 heterocycles. The summed E-state index contributed by atoms with van der Waals surface area (Å²) in [5.41, 5.74) is 0.797. The van der Waals surface area contributed by atoms with Crippen molar-refractivity contribution < 1.29 is 33.2 Å². The van der Waals surface area contributed by atoms with Gasteiger partial charge in [0, 0.05) is 29.9 Å². The Kier molecular flexibility index (Phi) is 11.2. The van der Waals surface area contributed by atoms with Crippen LogP contribution in [-0.4, -0.2) is 56.9 Å². The van der Waals surface area contributed by atoms with E-state index >= 15 is 0 Å². The number of carbonyl (C=O) groups is 1. The first-order valence-corrected chi connectivity index (χ1v) is 12.8. The molecule has 3 rings (SSSR count). The number of aliphatic hydroxyl groups is 1. The van der Waals surface area contributed by atoms with Gasteiger partial charge in [-0.3, -0.25) is 4.79 Å². The van der Waals surface area contributed by atoms with E-state index in [2.05, 4.69) is 5.32 Å². The molecule has 0 aliphatic carbocycles. The molecule has 35 heavy (non-hydrogen) atoms. The fraction of sp³-hybridized carbons (Fsp3) is 0.500. The summed E-state index contributed by atoms with van der Waals surface area (Å²) in [7, 11) is 0. The molecule has 192 valence electrons. The molecule has 1 aromatic heterocycles. The van der Waals surface area contributed by atoms with E-state index in [9.17, 15) is 9.18 Å². The molecule has 0 spiro atoms. The standard InChI is InChI=1S/C26H34FNO6S/c1-3-33-26-21(10-12-31-14-15-32-13-11-29)22(24-5-4-16-35-24)17-23(34-26)25(30)28-18(2)19-6-8-20(27)9-7-19/h4-9,16-18,21-22,26,29H,3,10-15H2,1-2H3,(H,28,30)/t18-,21-,22-,26+/m1/s1. The quantitative estimate of drug-likeness (QED) is 0.374. The number of allylic oxidation sites excluding steroid dienone is 1. The summed E-state index contributed by atoms with van der Waals surface area (Å²) in [5, 5.41) is 13.7. The largest absolute Gasteiger partial charge is 0.459 e. The molecular weight excluding hydrogens is 473 g/mol. The fourth-order valence-electron chi connectivity index (χ4n) is 3.96. The second-order valence-electron chi connectivity index (χ2n) is 8.16. The molecule has 1 aliphatic heterocycles. The molecular formula is C26H34FNO6S. The van der Waals surface area contributed by atoms with Crippen molar-refractivity contribution in [3.8, 4) is 0 Å². The molecule has 0 bridgehead atoms. The van der Waals surface area contributed by atoms with Gasteiger partial charge in [-0.15, -0.1) is 11.3 Å². The highest BCUT2D eigenvalue weighted by molar-refractivity contribution is 7.10. The van der Waals surface area contributed by atoms with Crippen molar-refractivity contribution in [2.75, 3.05) is 39.6 Å². The van der Waals surface area contributed by atoms with Gasteiger partial charge in [0.15, 0.2) is 5.76 Å². The lowest BCUT2D eigenvalue weighted by atomic mass is 9.85. The Balaban J connectivity index is 1.71. The Bertz CT molecular complexity index is 920. The van der Waals surface area contributed by atoms with Crippen LogP contribution in [0.4, 0.5) is 4.39 Å². The Morgan fingerprint density at radius 2 is 1.91 bits per heavy atom. The summed E-state index contributed by atoms with van der Waals surface area (Å²) < 4.78 is 36.2. The van der Waals surface area contributed by atoms with Crippen molar-refractivity contribution in [2.24, 2.45) is 5.92 Å². The summed E-state index contributed by atoms with van der Waals surface area (Å²) >= 11 is 1.62. The van der Waals surface area contributed by atoms with Crippen LogP contribution in [0.5, 0.6) is 0 Å². The van der Waals surface area contributed by atoms with Gasteiger partial charge >= 0.3 is 0 Å². The molecule has 0 radical (unpaired) electrons. The number of carbonyl (C=O) groups excluding carboxylic acids is 1. The zero-order valence-electron chi connectivity index (χ0n) is 20.2. The topological polar surface area (TPSA) is 86.3 Å². The first-order chi connectivity index (χ1) is 17.0. The molecule has 1 aliphatic rings. The van der Waals surface area contributed by atoms with Gasteiger partial charge < -0.3 is 29.4 Å². The average molecular weight is 508 g/mol. The van der Waals surface area contributed by atoms with Gasteiger partial charge in [-0.2, -0.15) is 0 Å². The third-order valence-corrected chi connectivity index (χ3v) is 6.71. The zero-order chi connectivity index (χ0) is 25.0. The Morgan fingerprint density at radius 1 is 1.17 bits per heavy atom. The number of benzene rings is 1. The Labute approximate surface area is 209 Å². The lowest BCUT2D eigenvalue weighted by Crippen LogP contribution is -2.39. The lowest BCUT2D eigenvalue weighted by molar-refractivity contribution is -0.168. The molecule has 2 aromatic rings. The van der Waals surface area contributed by atoms with E-state index in [1.165, 1.54) is 12.1 Å². The molecule has 1 aromatic carbocycles. The summed E-state index contributed by atoms with van der Waals surface area (Å²) in [4.78, 5) is 14.2. The van der Waals surface area contributed by atoms with Gasteiger partial charge in [-0.1, -0.05) is 18.2 Å². The Morgan fingerprint density at radius 3 is 2.57 bits per heavy atom. The summed E-state index contributed by atoms with van der Waals surface area (Å²) in [6.45, 7) is 5.79. The third kappa shape index (κ3) is 8.12. The maximum atomic E-state index is 13.3. The molecule has 7 nitrogen and oxygen atoms in total. The van der Waals surface area contributed by atoms with Crippen molar-refractivity contribution >= 4 is 17.2 Å². The number of amides is 1. The van der Waals surface area contributed by atoms with Crippen LogP contribution in [0.15, 0.2) is 53.6 Å². The fourth-order valence-corrected chi connectivity index (χ4v) is 4.83. The molecule has 0 unspecified atom stereocenters. The van der Waals surface area contributed by atoms with Crippen LogP contribution in [0.1, 0.15) is 42.7 Å². The molecule has 4 atom stereocenters. The zero-order valence-corrected chi connectivity index (χ0v) is 21.0. The van der Waals surface area contributed by atoms with Crippen LogP contribution in [0.25, 0.3) is 0 Å². The van der Waals surface area contributed by atoms with E-state index in [4.69, 9.17) is 24.1 Å². The van der Waals surface area contributed by atoms with Gasteiger partial charge in [0.2, 0.25) is 6.29 Å². The second kappa shape index (κ2) is 14.3. The van der Waals surface area contributed by atoms with Crippen molar-refractivity contribution in [1.82, 2.24) is 5.32 Å². The third-order valence-electron chi connectivity index (χ3n) is 5.73. The first-order valence-electron chi connectivity index (χ1n) is 11.9. The van der Waals surface area contributed by atoms with E-state index in [1.54, 1.807) is 23.5 Å². The predicted octanol–water partition coefficient (Wildman–Crippen LogP) is 4.16. The first kappa shape index (κ1) is 27.3. The normalized spacial score (nSPS) is 20.7. The molecule has 0 saturated heterocycles. The number of halogens is 1. The SMILES string of the molecule is CCO[C@H]1OC(C(=O)N[C@H](C)c2ccc(F)cc2)=C[C@@H](c2cccs2)[C@H]1CCOCCOCCO. The smallest absolute Gasteiger partial charge is 0.286 e. The summed E-state index contributed by atoms with van der Waals surface area (Å²) in [5.74, 6) is -0.569. The maximum absolute atomic E-state index is 13.3. The van der Waals surface area contributed by atoms with E-state index in [0.29, 0.717) is 39.5 Å². The van der Waals surface area contributed by atoms with E-state index < -0.39 is 6.29 Å². The van der Waals surface area contributed by atoms with Crippen LogP contribution in [0, 0.1) is 11.7 Å². The molecule has 9 heteroatoms. The monoisotopic (exact) mass is 507 g/mol. The number of hydrogen-bond acceptors (Lipinski definition) is 7. The molecule has 1 amide bonds. The highest BCUT2D eigenvalue weighted by Crippen LogP contribution is 2.40. The minimum absolute atomic E-state index is 0.0110. The number of rotatable bonds is 14. The van der Waals surface area contributed by atoms with Crippen LogP contribution in [0.2, 0.25) is 0 Å². The average Bonchev–Trinajstić information content (AvgIpc) is 3.39. The number of hydrogen-bond donors (Lipinski definition) is 2. The molecule has 0 fully saturated rings. The van der Waals surface area contributed by atoms with Crippen LogP contribution in [0.3, 0.4) is 0 Å². The van der Waals surface area contributed by atoms with Gasteiger partial charge in [0.05, 0.1) is 32.5 Å². The predicted molar refractivity (Wildman–Crippen MR) is 131 cm³/mol. The summed E-state index contributed by atoms with van der Waals surface area (Å²) in [6, 6.07) is 9.76. The van der Waals surface area contributed by atoms with Crippen molar-refractivity contribution in [1.29, 1.82) is 0 Å². The van der Waals surface area contributed by atoms with E-state index in [1.807, 2.05) is 37.4 Å². The number of thiophene rings is 1. The van der Waals surface area contributed by atoms with Gasteiger partial charge in [-0.05, 0) is 55.5 Å². The van der Waals surface area contributed by atoms with Gasteiger partial charge in [0.25, 0.3) is 5.91 Å². The number of nitrogens with one attached hydrogen (secondary N) is 1. The highest BCUT2D eigenvalue weighted by atomic mass is 32.1. The van der Waals surface area contributed by atoms with E-state index in [0.717, 1.165) is 10.4 Å². The van der Waals surface area contributed by atoms with Crippen molar-refractivity contribution in [3.05, 3.63) is 69.9 Å². The minimum atomic E-state index is -0.604. The van der Waals surface area contributed by atoms with E-state index in [-0.39, 0.29) is 42.0 Å².